The van der Waals surface area contributed by atoms with Gasteiger partial charge in [0.05, 0.1) is 22.5 Å². The lowest BCUT2D eigenvalue weighted by atomic mass is 10.0. The lowest BCUT2D eigenvalue weighted by molar-refractivity contribution is -0.143. The minimum absolute atomic E-state index is 0.0416. The SMILES string of the molecule is O=C(O)Cc1nonc1NC(=O)CCN1C(=O)C(=Cc2cc(-c3cc(C(F)(F)F)cc(C(F)(F)F)c3)cs2)SC1=S. The van der Waals surface area contributed by atoms with Gasteiger partial charge in [-0.15, -0.1) is 11.3 Å². The fourth-order valence-electron chi connectivity index (χ4n) is 3.49. The first-order valence-corrected chi connectivity index (χ1v) is 13.2. The molecule has 1 aromatic carbocycles. The molecular weight excluding hydrogens is 622 g/mol. The molecule has 4 rings (SSSR count). The van der Waals surface area contributed by atoms with Gasteiger partial charge in [0.15, 0.2) is 0 Å². The minimum Gasteiger partial charge on any atom is -0.481 e. The Labute approximate surface area is 239 Å². The van der Waals surface area contributed by atoms with Gasteiger partial charge in [0.25, 0.3) is 5.91 Å². The van der Waals surface area contributed by atoms with E-state index in [9.17, 15) is 40.7 Å². The highest BCUT2D eigenvalue weighted by Crippen LogP contribution is 2.40. The quantitative estimate of drug-likeness (QED) is 0.182. The second kappa shape index (κ2) is 11.6. The molecule has 0 atom stereocenters. The Bertz CT molecular complexity index is 1530. The van der Waals surface area contributed by atoms with E-state index in [1.165, 1.54) is 17.5 Å². The second-order valence-corrected chi connectivity index (χ2v) is 10.9. The number of rotatable bonds is 8. The number of aromatic nitrogens is 2. The molecule has 0 radical (unpaired) electrons. The fraction of sp³-hybridized carbons (Fsp3) is 0.217. The number of carboxylic acids is 1. The van der Waals surface area contributed by atoms with Gasteiger partial charge < -0.3 is 10.4 Å². The summed E-state index contributed by atoms with van der Waals surface area (Å²) < 4.78 is 83.9. The smallest absolute Gasteiger partial charge is 0.416 e. The summed E-state index contributed by atoms with van der Waals surface area (Å²) >= 11 is 7.11. The van der Waals surface area contributed by atoms with Gasteiger partial charge in [-0.1, -0.05) is 29.1 Å². The van der Waals surface area contributed by atoms with Gasteiger partial charge in [-0.2, -0.15) is 26.3 Å². The van der Waals surface area contributed by atoms with Crippen LogP contribution < -0.4 is 5.32 Å². The molecular formula is C23H14F6N4O5S3. The van der Waals surface area contributed by atoms with E-state index in [2.05, 4.69) is 20.3 Å². The predicted molar refractivity (Wildman–Crippen MR) is 139 cm³/mol. The molecule has 216 valence electrons. The molecule has 18 heteroatoms. The van der Waals surface area contributed by atoms with E-state index in [1.54, 1.807) is 0 Å². The minimum atomic E-state index is -4.99. The van der Waals surface area contributed by atoms with E-state index in [1.807, 2.05) is 0 Å². The Kier molecular flexibility index (Phi) is 8.55. The number of anilines is 1. The largest absolute Gasteiger partial charge is 0.481 e. The van der Waals surface area contributed by atoms with Gasteiger partial charge in [0, 0.05) is 17.8 Å². The zero-order chi connectivity index (χ0) is 30.1. The van der Waals surface area contributed by atoms with Crippen LogP contribution >= 0.6 is 35.3 Å². The van der Waals surface area contributed by atoms with Gasteiger partial charge in [0.1, 0.15) is 10.0 Å². The van der Waals surface area contributed by atoms with Crippen LogP contribution in [0.5, 0.6) is 0 Å². The molecule has 0 unspecified atom stereocenters. The molecule has 3 aromatic rings. The molecule has 1 aliphatic heterocycles. The third-order valence-electron chi connectivity index (χ3n) is 5.38. The van der Waals surface area contributed by atoms with Crippen LogP contribution in [0.4, 0.5) is 32.2 Å². The molecule has 0 spiro atoms. The van der Waals surface area contributed by atoms with Crippen molar-refractivity contribution in [2.24, 2.45) is 0 Å². The van der Waals surface area contributed by atoms with E-state index < -0.39 is 47.7 Å². The van der Waals surface area contributed by atoms with Crippen molar-refractivity contribution >= 4 is 69.3 Å². The number of halogens is 6. The normalized spacial score (nSPS) is 15.2. The molecule has 1 aliphatic rings. The number of carboxylic acid groups (broad SMARTS) is 1. The summed E-state index contributed by atoms with van der Waals surface area (Å²) in [5, 5.41) is 19.4. The third kappa shape index (κ3) is 7.31. The standard InChI is InChI=1S/C23H14F6N4O5S3/c24-22(25,26)12-3-10(4-13(6-12)23(27,28)29)11-5-14(40-9-11)7-16-20(37)33(21(39)41-16)2-1-17(34)30-19-15(8-18(35)36)31-38-32-19/h3-7,9H,1-2,8H2,(H,35,36)(H,30,32,34). The van der Waals surface area contributed by atoms with Gasteiger partial charge in [0.2, 0.25) is 11.7 Å². The molecule has 2 aromatic heterocycles. The highest BCUT2D eigenvalue weighted by molar-refractivity contribution is 8.26. The summed E-state index contributed by atoms with van der Waals surface area (Å²) in [4.78, 5) is 37.7. The number of carbonyl (C=O) groups excluding carboxylic acids is 2. The monoisotopic (exact) mass is 636 g/mol. The molecule has 9 nitrogen and oxygen atoms in total. The number of hydrogen-bond acceptors (Lipinski definition) is 9. The highest BCUT2D eigenvalue weighted by Gasteiger charge is 2.37. The zero-order valence-corrected chi connectivity index (χ0v) is 22.4. The molecule has 41 heavy (non-hydrogen) atoms. The van der Waals surface area contributed by atoms with Crippen LogP contribution in [-0.2, 0) is 33.2 Å². The molecule has 2 N–H and O–H groups in total. The van der Waals surface area contributed by atoms with Crippen molar-refractivity contribution in [1.82, 2.24) is 15.2 Å². The molecule has 0 saturated carbocycles. The number of carbonyl (C=O) groups is 3. The number of alkyl halides is 6. The topological polar surface area (TPSA) is 126 Å². The van der Waals surface area contributed by atoms with Crippen LogP contribution in [-0.4, -0.2) is 49.0 Å². The Morgan fingerprint density at radius 1 is 1.05 bits per heavy atom. The summed E-state index contributed by atoms with van der Waals surface area (Å²) in [6, 6.07) is 2.62. The van der Waals surface area contributed by atoms with Gasteiger partial charge in [-0.3, -0.25) is 19.3 Å². The average molecular weight is 637 g/mol. The van der Waals surface area contributed by atoms with Gasteiger partial charge in [-0.25, -0.2) is 4.63 Å². The maximum Gasteiger partial charge on any atom is 0.416 e. The van der Waals surface area contributed by atoms with Crippen molar-refractivity contribution in [2.75, 3.05) is 11.9 Å². The van der Waals surface area contributed by atoms with Crippen molar-refractivity contribution in [3.05, 3.63) is 56.2 Å². The number of thiophene rings is 1. The van der Waals surface area contributed by atoms with Crippen LogP contribution in [0.1, 0.15) is 28.1 Å². The van der Waals surface area contributed by atoms with Crippen LogP contribution in [0.3, 0.4) is 0 Å². The van der Waals surface area contributed by atoms with Crippen molar-refractivity contribution in [3.63, 3.8) is 0 Å². The maximum atomic E-state index is 13.2. The van der Waals surface area contributed by atoms with Crippen LogP contribution in [0.25, 0.3) is 17.2 Å². The zero-order valence-electron chi connectivity index (χ0n) is 20.0. The lowest BCUT2D eigenvalue weighted by Crippen LogP contribution is -2.31. The maximum absolute atomic E-state index is 13.2. The van der Waals surface area contributed by atoms with E-state index in [0.29, 0.717) is 17.0 Å². The number of amides is 2. The van der Waals surface area contributed by atoms with Crippen molar-refractivity contribution < 1.29 is 50.5 Å². The van der Waals surface area contributed by atoms with E-state index in [-0.39, 0.29) is 50.9 Å². The number of thiocarbonyl (C=S) groups is 1. The lowest BCUT2D eigenvalue weighted by Gasteiger charge is -2.13. The summed E-state index contributed by atoms with van der Waals surface area (Å²) in [5.74, 6) is -2.60. The van der Waals surface area contributed by atoms with Crippen LogP contribution in [0.2, 0.25) is 0 Å². The molecule has 1 fully saturated rings. The Morgan fingerprint density at radius 3 is 2.32 bits per heavy atom. The third-order valence-corrected chi connectivity index (χ3v) is 7.64. The highest BCUT2D eigenvalue weighted by atomic mass is 32.2. The predicted octanol–water partition coefficient (Wildman–Crippen LogP) is 5.69. The van der Waals surface area contributed by atoms with Crippen molar-refractivity contribution in [3.8, 4) is 11.1 Å². The number of thioether (sulfide) groups is 1. The van der Waals surface area contributed by atoms with Crippen LogP contribution in [0, 0.1) is 0 Å². The number of benzene rings is 1. The first-order valence-electron chi connectivity index (χ1n) is 11.1. The number of aliphatic carboxylic acids is 1. The summed E-state index contributed by atoms with van der Waals surface area (Å²) in [7, 11) is 0. The molecule has 1 saturated heterocycles. The first-order chi connectivity index (χ1) is 19.1. The molecule has 0 bridgehead atoms. The Balaban J connectivity index is 1.46. The van der Waals surface area contributed by atoms with Crippen LogP contribution in [0.15, 0.2) is 39.2 Å². The Morgan fingerprint density at radius 2 is 1.71 bits per heavy atom. The average Bonchev–Trinajstić information content (AvgIpc) is 3.57. The van der Waals surface area contributed by atoms with Crippen molar-refractivity contribution in [2.45, 2.75) is 25.2 Å². The molecule has 3 heterocycles. The first kappa shape index (κ1) is 30.2. The molecule has 2 amide bonds. The summed E-state index contributed by atoms with van der Waals surface area (Å²) in [6.45, 7) is -0.145. The van der Waals surface area contributed by atoms with E-state index in [0.717, 1.165) is 28.0 Å². The van der Waals surface area contributed by atoms with E-state index >= 15 is 0 Å². The van der Waals surface area contributed by atoms with Gasteiger partial charge >= 0.3 is 18.3 Å². The number of nitrogens with zero attached hydrogens (tertiary/aromatic N) is 3. The second-order valence-electron chi connectivity index (χ2n) is 8.29. The van der Waals surface area contributed by atoms with E-state index in [4.69, 9.17) is 17.3 Å². The summed E-state index contributed by atoms with van der Waals surface area (Å²) in [5.41, 5.74) is -3.20. The number of nitrogens with one attached hydrogen (secondary N) is 1. The van der Waals surface area contributed by atoms with Crippen molar-refractivity contribution in [1.29, 1.82) is 0 Å². The van der Waals surface area contributed by atoms with Gasteiger partial charge in [-0.05, 0) is 52.0 Å². The summed E-state index contributed by atoms with van der Waals surface area (Å²) in [6.07, 6.45) is -9.39. The number of hydrogen-bond donors (Lipinski definition) is 2. The molecule has 0 aliphatic carbocycles. The Hall–Kier alpha value is -3.77. The fourth-order valence-corrected chi connectivity index (χ4v) is 5.71.